The van der Waals surface area contributed by atoms with E-state index in [1.54, 1.807) is 18.0 Å². The number of carbonyl (C=O) groups is 2. The van der Waals surface area contributed by atoms with Gasteiger partial charge in [-0.15, -0.1) is 0 Å². The highest BCUT2D eigenvalue weighted by Crippen LogP contribution is 2.10. The normalized spacial score (nSPS) is 11.0. The van der Waals surface area contributed by atoms with E-state index in [0.29, 0.717) is 12.1 Å². The number of carbonyl (C=O) groups excluding carboxylic acids is 2. The fourth-order valence-electron chi connectivity index (χ4n) is 2.24. The fraction of sp³-hybridized carbons (Fsp3) is 0.316. The highest BCUT2D eigenvalue weighted by Gasteiger charge is 2.19. The van der Waals surface area contributed by atoms with Crippen molar-refractivity contribution in [1.29, 1.82) is 0 Å². The van der Waals surface area contributed by atoms with Gasteiger partial charge in [0.15, 0.2) is 0 Å². The molecule has 24 heavy (non-hydrogen) atoms. The lowest BCUT2D eigenvalue weighted by Gasteiger charge is -2.20. The summed E-state index contributed by atoms with van der Waals surface area (Å²) in [4.78, 5) is 30.5. The summed E-state index contributed by atoms with van der Waals surface area (Å²) in [6, 6.07) is 12.9. The number of aromatic nitrogens is 1. The molecule has 0 aliphatic carbocycles. The Hall–Kier alpha value is -2.69. The van der Waals surface area contributed by atoms with Crippen molar-refractivity contribution in [3.63, 3.8) is 0 Å². The quantitative estimate of drug-likeness (QED) is 0.940. The first-order chi connectivity index (χ1) is 11.3. The maximum absolute atomic E-state index is 12.6. The molecule has 0 bridgehead atoms. The average molecular weight is 325 g/mol. The van der Waals surface area contributed by atoms with E-state index < -0.39 is 0 Å². The summed E-state index contributed by atoms with van der Waals surface area (Å²) < 4.78 is 0. The van der Waals surface area contributed by atoms with Crippen LogP contribution in [0.5, 0.6) is 0 Å². The van der Waals surface area contributed by atoms with Gasteiger partial charge in [-0.1, -0.05) is 30.3 Å². The molecule has 0 atom stereocenters. The maximum atomic E-state index is 12.6. The summed E-state index contributed by atoms with van der Waals surface area (Å²) in [6.07, 6.45) is 1.49. The van der Waals surface area contributed by atoms with Crippen LogP contribution in [-0.2, 0) is 6.54 Å². The van der Waals surface area contributed by atoms with Crippen molar-refractivity contribution >= 4 is 11.8 Å². The minimum absolute atomic E-state index is 0.147. The van der Waals surface area contributed by atoms with E-state index in [2.05, 4.69) is 10.3 Å². The Bertz CT molecular complexity index is 721. The fourth-order valence-corrected chi connectivity index (χ4v) is 2.24. The second kappa shape index (κ2) is 7.25. The molecular formula is C19H23N3O2. The Kier molecular flexibility index (Phi) is 5.34. The van der Waals surface area contributed by atoms with Crippen LogP contribution < -0.4 is 5.32 Å². The second-order valence-electron chi connectivity index (χ2n) is 6.78. The van der Waals surface area contributed by atoms with Crippen molar-refractivity contribution in [2.24, 2.45) is 0 Å². The molecule has 2 amide bonds. The molecule has 0 saturated heterocycles. The van der Waals surface area contributed by atoms with Crippen LogP contribution in [0.2, 0.25) is 0 Å². The molecule has 1 heterocycles. The molecule has 5 heteroatoms. The van der Waals surface area contributed by atoms with Crippen LogP contribution in [0, 0.1) is 0 Å². The monoisotopic (exact) mass is 325 g/mol. The van der Waals surface area contributed by atoms with Gasteiger partial charge in [-0.05, 0) is 38.5 Å². The van der Waals surface area contributed by atoms with Gasteiger partial charge in [0.05, 0.1) is 0 Å². The Balaban J connectivity index is 2.12. The molecule has 1 aromatic carbocycles. The largest absolute Gasteiger partial charge is 0.346 e. The lowest BCUT2D eigenvalue weighted by molar-refractivity contribution is 0.0785. The van der Waals surface area contributed by atoms with E-state index in [0.717, 1.165) is 5.56 Å². The molecule has 0 fully saturated rings. The second-order valence-corrected chi connectivity index (χ2v) is 6.78. The van der Waals surface area contributed by atoms with Crippen molar-refractivity contribution in [1.82, 2.24) is 15.2 Å². The van der Waals surface area contributed by atoms with Gasteiger partial charge < -0.3 is 10.2 Å². The number of hydrogen-bond donors (Lipinski definition) is 1. The number of nitrogens with zero attached hydrogens (tertiary/aromatic N) is 2. The van der Waals surface area contributed by atoms with Crippen LogP contribution in [0.3, 0.4) is 0 Å². The molecule has 126 valence electrons. The molecular weight excluding hydrogens is 302 g/mol. The van der Waals surface area contributed by atoms with Crippen LogP contribution in [0.4, 0.5) is 0 Å². The first-order valence-corrected chi connectivity index (χ1v) is 7.84. The van der Waals surface area contributed by atoms with E-state index >= 15 is 0 Å². The molecule has 0 unspecified atom stereocenters. The van der Waals surface area contributed by atoms with Gasteiger partial charge in [-0.2, -0.15) is 0 Å². The van der Waals surface area contributed by atoms with Gasteiger partial charge in [-0.25, -0.2) is 0 Å². The number of rotatable bonds is 4. The molecule has 5 nitrogen and oxygen atoms in total. The predicted molar refractivity (Wildman–Crippen MR) is 93.7 cm³/mol. The number of amides is 2. The Labute approximate surface area is 142 Å². The van der Waals surface area contributed by atoms with Gasteiger partial charge in [0.25, 0.3) is 11.8 Å². The summed E-state index contributed by atoms with van der Waals surface area (Å²) in [5.74, 6) is -0.436. The van der Waals surface area contributed by atoms with E-state index in [4.69, 9.17) is 0 Å². The van der Waals surface area contributed by atoms with Gasteiger partial charge in [0.1, 0.15) is 5.69 Å². The van der Waals surface area contributed by atoms with E-state index in [-0.39, 0.29) is 23.0 Å². The van der Waals surface area contributed by atoms with Gasteiger partial charge in [-0.3, -0.25) is 14.6 Å². The summed E-state index contributed by atoms with van der Waals surface area (Å²) in [6.45, 7) is 6.19. The third-order valence-corrected chi connectivity index (χ3v) is 3.34. The van der Waals surface area contributed by atoms with Crippen molar-refractivity contribution in [3.8, 4) is 0 Å². The topological polar surface area (TPSA) is 62.3 Å². The highest BCUT2D eigenvalue weighted by molar-refractivity contribution is 5.98. The van der Waals surface area contributed by atoms with Gasteiger partial charge in [0.2, 0.25) is 0 Å². The molecule has 2 rings (SSSR count). The standard InChI is InChI=1S/C19H23N3O2/c1-19(2,3)21-17(23)16-12-15(10-11-20-16)18(24)22(4)13-14-8-6-5-7-9-14/h5-12H,13H2,1-4H3,(H,21,23). The minimum atomic E-state index is -0.358. The van der Waals surface area contributed by atoms with Crippen molar-refractivity contribution in [2.75, 3.05) is 7.05 Å². The lowest BCUT2D eigenvalue weighted by Crippen LogP contribution is -2.41. The summed E-state index contributed by atoms with van der Waals surface area (Å²) in [5, 5.41) is 2.84. The summed E-state index contributed by atoms with van der Waals surface area (Å²) in [7, 11) is 1.74. The Morgan fingerprint density at radius 2 is 1.79 bits per heavy atom. The third kappa shape index (κ3) is 4.91. The summed E-state index contributed by atoms with van der Waals surface area (Å²) >= 11 is 0. The van der Waals surface area contributed by atoms with E-state index in [1.165, 1.54) is 12.3 Å². The molecule has 0 radical (unpaired) electrons. The maximum Gasteiger partial charge on any atom is 0.270 e. The van der Waals surface area contributed by atoms with Crippen molar-refractivity contribution in [2.45, 2.75) is 32.9 Å². The SMILES string of the molecule is CN(Cc1ccccc1)C(=O)c1ccnc(C(=O)NC(C)(C)C)c1. The van der Waals surface area contributed by atoms with Crippen LogP contribution >= 0.6 is 0 Å². The van der Waals surface area contributed by atoms with Crippen LogP contribution in [0.25, 0.3) is 0 Å². The number of pyridine rings is 1. The zero-order valence-electron chi connectivity index (χ0n) is 14.5. The van der Waals surface area contributed by atoms with Gasteiger partial charge >= 0.3 is 0 Å². The zero-order chi connectivity index (χ0) is 17.7. The predicted octanol–water partition coefficient (Wildman–Crippen LogP) is 2.88. The molecule has 2 aromatic rings. The molecule has 1 aromatic heterocycles. The molecule has 0 saturated carbocycles. The number of nitrogens with one attached hydrogen (secondary N) is 1. The number of hydrogen-bond acceptors (Lipinski definition) is 3. The highest BCUT2D eigenvalue weighted by atomic mass is 16.2. The summed E-state index contributed by atoms with van der Waals surface area (Å²) in [5.41, 5.74) is 1.38. The molecule has 1 N–H and O–H groups in total. The van der Waals surface area contributed by atoms with Gasteiger partial charge in [0, 0.05) is 30.9 Å². The average Bonchev–Trinajstić information content (AvgIpc) is 2.53. The third-order valence-electron chi connectivity index (χ3n) is 3.34. The van der Waals surface area contributed by atoms with Crippen LogP contribution in [0.1, 0.15) is 47.2 Å². The zero-order valence-corrected chi connectivity index (χ0v) is 14.5. The Morgan fingerprint density at radius 3 is 2.42 bits per heavy atom. The smallest absolute Gasteiger partial charge is 0.270 e. The molecule has 0 spiro atoms. The Morgan fingerprint density at radius 1 is 1.12 bits per heavy atom. The van der Waals surface area contributed by atoms with E-state index in [9.17, 15) is 9.59 Å². The van der Waals surface area contributed by atoms with Crippen LogP contribution in [0.15, 0.2) is 48.7 Å². The van der Waals surface area contributed by atoms with Crippen molar-refractivity contribution in [3.05, 3.63) is 65.5 Å². The lowest BCUT2D eigenvalue weighted by atomic mass is 10.1. The first-order valence-electron chi connectivity index (χ1n) is 7.84. The van der Waals surface area contributed by atoms with Crippen molar-refractivity contribution < 1.29 is 9.59 Å². The number of benzene rings is 1. The van der Waals surface area contributed by atoms with E-state index in [1.807, 2.05) is 51.1 Å². The molecule has 0 aliphatic rings. The first kappa shape index (κ1) is 17.7. The molecule has 0 aliphatic heterocycles. The minimum Gasteiger partial charge on any atom is -0.346 e. The van der Waals surface area contributed by atoms with Crippen LogP contribution in [-0.4, -0.2) is 34.3 Å².